The number of halogens is 3. The van der Waals surface area contributed by atoms with Gasteiger partial charge in [0, 0.05) is 4.70 Å². The van der Waals surface area contributed by atoms with Gasteiger partial charge in [-0.3, -0.25) is 4.79 Å². The van der Waals surface area contributed by atoms with Crippen molar-refractivity contribution in [2.75, 3.05) is 0 Å². The number of thiophene rings is 1. The molecule has 0 fully saturated rings. The molecule has 19 heavy (non-hydrogen) atoms. The first kappa shape index (κ1) is 13.9. The molecule has 0 bridgehead atoms. The van der Waals surface area contributed by atoms with Gasteiger partial charge in [0.1, 0.15) is 0 Å². The predicted molar refractivity (Wildman–Crippen MR) is 67.5 cm³/mol. The third kappa shape index (κ3) is 2.20. The molecule has 0 saturated heterocycles. The number of aliphatic carboxylic acids is 1. The zero-order valence-electron chi connectivity index (χ0n) is 10.2. The summed E-state index contributed by atoms with van der Waals surface area (Å²) in [6.07, 6.45) is -4.44. The monoisotopic (exact) mass is 288 g/mol. The lowest BCUT2D eigenvalue weighted by Gasteiger charge is -2.18. The Morgan fingerprint density at radius 1 is 1.21 bits per heavy atom. The first-order chi connectivity index (χ1) is 8.65. The number of benzene rings is 1. The summed E-state index contributed by atoms with van der Waals surface area (Å²) >= 11 is 0.928. The van der Waals surface area contributed by atoms with Crippen LogP contribution in [-0.2, 0) is 16.4 Å². The molecule has 1 N–H and O–H groups in total. The largest absolute Gasteiger partial charge is 0.481 e. The number of rotatable bonds is 2. The van der Waals surface area contributed by atoms with Crippen LogP contribution >= 0.6 is 11.3 Å². The molecule has 0 aliphatic carbocycles. The smallest absolute Gasteiger partial charge is 0.417 e. The fraction of sp³-hybridized carbons (Fsp3) is 0.308. The third-order valence-corrected chi connectivity index (χ3v) is 4.14. The molecule has 6 heteroatoms. The molecule has 0 atom stereocenters. The van der Waals surface area contributed by atoms with Gasteiger partial charge in [-0.25, -0.2) is 0 Å². The topological polar surface area (TPSA) is 37.3 Å². The van der Waals surface area contributed by atoms with Gasteiger partial charge in [-0.15, -0.1) is 11.3 Å². The van der Waals surface area contributed by atoms with E-state index in [0.717, 1.165) is 17.4 Å². The molecule has 2 nitrogen and oxygen atoms in total. The van der Waals surface area contributed by atoms with E-state index in [-0.39, 0.29) is 4.70 Å². The van der Waals surface area contributed by atoms with Crippen LogP contribution in [0.3, 0.4) is 0 Å². The van der Waals surface area contributed by atoms with Crippen LogP contribution in [0.5, 0.6) is 0 Å². The van der Waals surface area contributed by atoms with Crippen molar-refractivity contribution in [1.82, 2.24) is 0 Å². The number of carbonyl (C=O) groups is 1. The molecule has 2 rings (SSSR count). The fourth-order valence-corrected chi connectivity index (χ4v) is 3.15. The third-order valence-electron chi connectivity index (χ3n) is 3.11. The highest BCUT2D eigenvalue weighted by atomic mass is 32.1. The molecule has 0 aliphatic rings. The minimum Gasteiger partial charge on any atom is -0.481 e. The summed E-state index contributed by atoms with van der Waals surface area (Å²) in [5.74, 6) is -1.07. The van der Waals surface area contributed by atoms with Crippen molar-refractivity contribution in [1.29, 1.82) is 0 Å². The van der Waals surface area contributed by atoms with Gasteiger partial charge in [0.25, 0.3) is 0 Å². The van der Waals surface area contributed by atoms with E-state index in [1.54, 1.807) is 0 Å². The number of carboxylic acids is 1. The SMILES string of the molecule is CC(C)(C(=O)O)c1csc2c(C(F)(F)F)cccc12. The van der Waals surface area contributed by atoms with Crippen molar-refractivity contribution in [3.63, 3.8) is 0 Å². The number of hydrogen-bond acceptors (Lipinski definition) is 2. The van der Waals surface area contributed by atoms with Gasteiger partial charge in [0.15, 0.2) is 0 Å². The maximum atomic E-state index is 12.9. The van der Waals surface area contributed by atoms with Crippen LogP contribution in [0.15, 0.2) is 23.6 Å². The van der Waals surface area contributed by atoms with E-state index in [0.29, 0.717) is 10.9 Å². The van der Waals surface area contributed by atoms with Crippen LogP contribution in [0.25, 0.3) is 10.1 Å². The van der Waals surface area contributed by atoms with Crippen molar-refractivity contribution in [2.24, 2.45) is 0 Å². The summed E-state index contributed by atoms with van der Waals surface area (Å²) in [7, 11) is 0. The van der Waals surface area contributed by atoms with Crippen molar-refractivity contribution >= 4 is 27.4 Å². The lowest BCUT2D eigenvalue weighted by atomic mass is 9.84. The first-order valence-electron chi connectivity index (χ1n) is 5.47. The van der Waals surface area contributed by atoms with E-state index in [1.165, 1.54) is 31.4 Å². The van der Waals surface area contributed by atoms with Crippen molar-refractivity contribution in [3.8, 4) is 0 Å². The van der Waals surface area contributed by atoms with E-state index in [4.69, 9.17) is 0 Å². The Hall–Kier alpha value is -1.56. The highest BCUT2D eigenvalue weighted by Crippen LogP contribution is 2.41. The molecule has 0 saturated carbocycles. The Balaban J connectivity index is 2.73. The lowest BCUT2D eigenvalue weighted by Crippen LogP contribution is -2.28. The van der Waals surface area contributed by atoms with Gasteiger partial charge in [0.2, 0.25) is 0 Å². The maximum absolute atomic E-state index is 12.9. The van der Waals surface area contributed by atoms with Gasteiger partial charge in [0.05, 0.1) is 11.0 Å². The Bertz CT molecular complexity index is 641. The normalized spacial score (nSPS) is 12.9. The summed E-state index contributed by atoms with van der Waals surface area (Å²) in [5, 5.41) is 11.0. The average Bonchev–Trinajstić information content (AvgIpc) is 2.70. The highest BCUT2D eigenvalue weighted by molar-refractivity contribution is 7.17. The molecular formula is C13H11F3O2S. The summed E-state index contributed by atoms with van der Waals surface area (Å²) in [6.45, 7) is 2.97. The van der Waals surface area contributed by atoms with Crippen molar-refractivity contribution in [3.05, 3.63) is 34.7 Å². The molecule has 0 radical (unpaired) electrons. The number of alkyl halides is 3. The Morgan fingerprint density at radius 3 is 2.37 bits per heavy atom. The Labute approximate surface area is 111 Å². The van der Waals surface area contributed by atoms with E-state index in [9.17, 15) is 23.1 Å². The molecule has 0 unspecified atom stereocenters. The standard InChI is InChI=1S/C13H11F3O2S/c1-12(2,11(17)18)9-6-19-10-7(9)4-3-5-8(10)13(14,15)16/h3-6H,1-2H3,(H,17,18). The summed E-state index contributed by atoms with van der Waals surface area (Å²) in [4.78, 5) is 11.2. The molecule has 102 valence electrons. The second-order valence-corrected chi connectivity index (χ2v) is 5.64. The van der Waals surface area contributed by atoms with Crippen LogP contribution in [0.4, 0.5) is 13.2 Å². The van der Waals surface area contributed by atoms with Crippen molar-refractivity contribution < 1.29 is 23.1 Å². The Kier molecular flexibility index (Phi) is 3.09. The fourth-order valence-electron chi connectivity index (χ4n) is 1.88. The molecule has 1 aromatic heterocycles. The number of carboxylic acid groups (broad SMARTS) is 1. The minimum absolute atomic E-state index is 0.0827. The molecule has 1 aromatic carbocycles. The zero-order chi connectivity index (χ0) is 14.4. The number of fused-ring (bicyclic) bond motifs is 1. The summed E-state index contributed by atoms with van der Waals surface area (Å²) in [5.41, 5.74) is -1.53. The quantitative estimate of drug-likeness (QED) is 0.895. The first-order valence-corrected chi connectivity index (χ1v) is 6.35. The van der Waals surface area contributed by atoms with Gasteiger partial charge < -0.3 is 5.11 Å². The van der Waals surface area contributed by atoms with Gasteiger partial charge >= 0.3 is 12.1 Å². The molecule has 1 heterocycles. The zero-order valence-corrected chi connectivity index (χ0v) is 11.0. The van der Waals surface area contributed by atoms with Crippen LogP contribution in [0, 0.1) is 0 Å². The van der Waals surface area contributed by atoms with Crippen molar-refractivity contribution in [2.45, 2.75) is 25.4 Å². The molecule has 2 aromatic rings. The van der Waals surface area contributed by atoms with Gasteiger partial charge in [-0.05, 0) is 36.2 Å². The van der Waals surface area contributed by atoms with Crippen LogP contribution in [0.2, 0.25) is 0 Å². The van der Waals surface area contributed by atoms with E-state index >= 15 is 0 Å². The average molecular weight is 288 g/mol. The summed E-state index contributed by atoms with van der Waals surface area (Å²) < 4.78 is 38.7. The van der Waals surface area contributed by atoms with Gasteiger partial charge in [-0.2, -0.15) is 13.2 Å². The molecule has 0 amide bonds. The summed E-state index contributed by atoms with van der Waals surface area (Å²) in [6, 6.07) is 3.84. The highest BCUT2D eigenvalue weighted by Gasteiger charge is 2.36. The Morgan fingerprint density at radius 2 is 1.84 bits per heavy atom. The second kappa shape index (κ2) is 4.23. The lowest BCUT2D eigenvalue weighted by molar-refractivity contribution is -0.142. The minimum atomic E-state index is -4.44. The molecule has 0 aliphatic heterocycles. The van der Waals surface area contributed by atoms with Crippen LogP contribution < -0.4 is 0 Å². The van der Waals surface area contributed by atoms with E-state index in [2.05, 4.69) is 0 Å². The van der Waals surface area contributed by atoms with Crippen LogP contribution in [-0.4, -0.2) is 11.1 Å². The van der Waals surface area contributed by atoms with E-state index < -0.39 is 23.1 Å². The second-order valence-electron chi connectivity index (χ2n) is 4.76. The molecule has 0 spiro atoms. The van der Waals surface area contributed by atoms with E-state index in [1.807, 2.05) is 0 Å². The number of hydrogen-bond donors (Lipinski definition) is 1. The molecular weight excluding hydrogens is 277 g/mol. The predicted octanol–water partition coefficient (Wildman–Crippen LogP) is 4.28. The van der Waals surface area contributed by atoms with Crippen LogP contribution in [0.1, 0.15) is 25.0 Å². The maximum Gasteiger partial charge on any atom is 0.417 e. The van der Waals surface area contributed by atoms with Gasteiger partial charge in [-0.1, -0.05) is 12.1 Å².